The van der Waals surface area contributed by atoms with E-state index in [0.29, 0.717) is 0 Å². The van der Waals surface area contributed by atoms with Crippen LogP contribution in [0.3, 0.4) is 0 Å². The Morgan fingerprint density at radius 1 is 0.508 bits per heavy atom. The zero-order valence-electron chi connectivity index (χ0n) is 35.2. The fourth-order valence-electron chi connectivity index (χ4n) is 10.3. The number of benzene rings is 9. The summed E-state index contributed by atoms with van der Waals surface area (Å²) in [4.78, 5) is 5.11. The number of hydrogen-bond donors (Lipinski definition) is 0. The van der Waals surface area contributed by atoms with E-state index in [0.717, 1.165) is 73.0 Å². The number of rotatable bonds is 8. The Bertz CT molecular complexity index is 3650. The second kappa shape index (κ2) is 14.8. The number of para-hydroxylation sites is 4. The van der Waals surface area contributed by atoms with Crippen molar-refractivity contribution >= 4 is 56.6 Å². The van der Waals surface area contributed by atoms with Crippen LogP contribution in [0.25, 0.3) is 72.4 Å². The van der Waals surface area contributed by atoms with Crippen molar-refractivity contribution in [3.8, 4) is 51.1 Å². The number of imidazole rings is 2. The summed E-state index contributed by atoms with van der Waals surface area (Å²) in [7, 11) is -2.82. The van der Waals surface area contributed by atoms with E-state index in [1.165, 1.54) is 26.5 Å². The van der Waals surface area contributed by atoms with Crippen molar-refractivity contribution in [3.63, 3.8) is 0 Å². The molecule has 0 bridgehead atoms. The number of nitrogens with zero attached hydrogens (tertiary/aromatic N) is 5. The fraction of sp³-hybridized carbons (Fsp3) is 0. The van der Waals surface area contributed by atoms with E-state index >= 15 is 0 Å². The van der Waals surface area contributed by atoms with Gasteiger partial charge in [-0.2, -0.15) is 0 Å². The summed E-state index contributed by atoms with van der Waals surface area (Å²) in [6, 6.07) is 79.9. The van der Waals surface area contributed by atoms with Gasteiger partial charge < -0.3 is 8.97 Å². The average Bonchev–Trinajstić information content (AvgIpc) is 4.11. The second-order valence-electron chi connectivity index (χ2n) is 16.5. The minimum Gasteiger partial charge on any atom is -0.458 e. The molecule has 1 aliphatic heterocycles. The molecule has 0 N–H and O–H groups in total. The number of aromatic nitrogens is 5. The summed E-state index contributed by atoms with van der Waals surface area (Å²) in [5, 5.41) is 6.32. The van der Waals surface area contributed by atoms with Crippen molar-refractivity contribution < 1.29 is 9.30 Å². The minimum atomic E-state index is -2.82. The summed E-state index contributed by atoms with van der Waals surface area (Å²) < 4.78 is 16.0. The van der Waals surface area contributed by atoms with Crippen LogP contribution in [0.5, 0.6) is 11.5 Å². The minimum absolute atomic E-state index is 0.728. The molecule has 9 aromatic carbocycles. The highest BCUT2D eigenvalue weighted by molar-refractivity contribution is 7.11. The molecule has 0 spiro atoms. The third kappa shape index (κ3) is 5.66. The lowest BCUT2D eigenvalue weighted by atomic mass is 9.95. The second-order valence-corrected chi connectivity index (χ2v) is 20.1. The van der Waals surface area contributed by atoms with Gasteiger partial charge in [0.05, 0.1) is 33.4 Å². The standard InChI is InChI=1S/C58H39N5OSi/c1-5-18-41(19-6-1)48-28-16-29-49(42-20-7-2-8-21-42)56(48)61-40-60(52-31-13-14-32-53(52)61)43-22-15-23-44(38-43)64-45-34-35-50-51-30-17-33-55-57(51)63(54(50)39-45)58-59-36-37-62(58)65(55,46-24-9-3-10-25-46)47-26-11-4-12-27-47/h1-39H. The van der Waals surface area contributed by atoms with E-state index in [2.05, 4.69) is 249 Å². The Hall–Kier alpha value is -8.52. The van der Waals surface area contributed by atoms with Gasteiger partial charge in [0.2, 0.25) is 5.95 Å². The van der Waals surface area contributed by atoms with E-state index in [1.807, 2.05) is 12.3 Å². The molecule has 12 aromatic rings. The first-order valence-electron chi connectivity index (χ1n) is 22.0. The maximum atomic E-state index is 6.83. The Labute approximate surface area is 376 Å². The van der Waals surface area contributed by atoms with Gasteiger partial charge in [-0.1, -0.05) is 188 Å². The quantitative estimate of drug-likeness (QED) is 0.0868. The van der Waals surface area contributed by atoms with Crippen LogP contribution in [0.1, 0.15) is 0 Å². The van der Waals surface area contributed by atoms with E-state index in [-0.39, 0.29) is 0 Å². The molecular weight excluding hydrogens is 811 g/mol. The van der Waals surface area contributed by atoms with Gasteiger partial charge in [0.15, 0.2) is 0 Å². The molecule has 3 aromatic heterocycles. The molecule has 4 heterocycles. The monoisotopic (exact) mass is 849 g/mol. The zero-order chi connectivity index (χ0) is 42.9. The van der Waals surface area contributed by atoms with E-state index in [4.69, 9.17) is 9.72 Å². The molecule has 0 aliphatic carbocycles. The van der Waals surface area contributed by atoms with Crippen LogP contribution in [0.4, 0.5) is 0 Å². The third-order valence-electron chi connectivity index (χ3n) is 13.0. The average molecular weight is 850 g/mol. The Morgan fingerprint density at radius 2 is 1.12 bits per heavy atom. The molecule has 1 aliphatic rings. The molecule has 306 valence electrons. The van der Waals surface area contributed by atoms with Crippen LogP contribution < -0.4 is 24.9 Å². The topological polar surface area (TPSA) is 40.8 Å². The summed E-state index contributed by atoms with van der Waals surface area (Å²) in [5.41, 5.74) is 10.9. The lowest BCUT2D eigenvalue weighted by Gasteiger charge is -2.39. The molecule has 0 saturated heterocycles. The molecule has 0 atom stereocenters. The highest BCUT2D eigenvalue weighted by Crippen LogP contribution is 2.39. The first kappa shape index (κ1) is 37.1. The smallest absolute Gasteiger partial charge is 0.269 e. The lowest BCUT2D eigenvalue weighted by Crippen LogP contribution is -2.73. The predicted octanol–water partition coefficient (Wildman–Crippen LogP) is 11.0. The molecule has 0 unspecified atom stereocenters. The molecule has 65 heavy (non-hydrogen) atoms. The van der Waals surface area contributed by atoms with Gasteiger partial charge in [-0.3, -0.25) is 13.7 Å². The number of ether oxygens (including phenoxy) is 1. The van der Waals surface area contributed by atoms with Crippen molar-refractivity contribution in [2.75, 3.05) is 0 Å². The molecule has 0 amide bonds. The zero-order valence-corrected chi connectivity index (χ0v) is 36.2. The maximum Gasteiger partial charge on any atom is 0.269 e. The Morgan fingerprint density at radius 3 is 1.83 bits per heavy atom. The molecule has 13 rings (SSSR count). The molecule has 0 radical (unpaired) electrons. The van der Waals surface area contributed by atoms with E-state index in [9.17, 15) is 0 Å². The summed E-state index contributed by atoms with van der Waals surface area (Å²) in [6.07, 6.45) is 7.93. The molecule has 0 saturated carbocycles. The Balaban J connectivity index is 0.941. The van der Waals surface area contributed by atoms with Gasteiger partial charge >= 0.3 is 0 Å². The largest absolute Gasteiger partial charge is 0.458 e. The highest BCUT2D eigenvalue weighted by Gasteiger charge is 2.48. The molecule has 0 fully saturated rings. The van der Waals surface area contributed by atoms with Crippen LogP contribution in [-0.4, -0.2) is 26.6 Å². The van der Waals surface area contributed by atoms with Crippen molar-refractivity contribution in [3.05, 3.63) is 243 Å². The van der Waals surface area contributed by atoms with Crippen molar-refractivity contribution in [2.24, 2.45) is 0 Å². The van der Waals surface area contributed by atoms with Crippen LogP contribution in [0.2, 0.25) is 0 Å². The van der Waals surface area contributed by atoms with E-state index in [1.54, 1.807) is 0 Å². The first-order chi connectivity index (χ1) is 32.3. The fourth-order valence-corrected chi connectivity index (χ4v) is 15.1. The van der Waals surface area contributed by atoms with Crippen LogP contribution in [0.15, 0.2) is 237 Å². The normalized spacial score (nSPS) is 12.7. The van der Waals surface area contributed by atoms with E-state index < -0.39 is 8.24 Å². The number of hydrogen-bond acceptors (Lipinski definition) is 2. The molecule has 7 heteroatoms. The van der Waals surface area contributed by atoms with Crippen molar-refractivity contribution in [1.29, 1.82) is 0 Å². The van der Waals surface area contributed by atoms with Crippen LogP contribution >= 0.6 is 0 Å². The van der Waals surface area contributed by atoms with Gasteiger partial charge in [-0.25, -0.2) is 4.98 Å². The maximum absolute atomic E-state index is 6.83. The predicted molar refractivity (Wildman–Crippen MR) is 264 cm³/mol. The summed E-state index contributed by atoms with van der Waals surface area (Å²) in [6.45, 7) is 0. The number of fused-ring (bicyclic) bond motifs is 6. The van der Waals surface area contributed by atoms with Gasteiger partial charge in [0.1, 0.15) is 11.5 Å². The van der Waals surface area contributed by atoms with Crippen molar-refractivity contribution in [2.45, 2.75) is 0 Å². The molecular formula is C58H39N5OSi. The third-order valence-corrected chi connectivity index (χ3v) is 17.6. The summed E-state index contributed by atoms with van der Waals surface area (Å²) >= 11 is 0. The highest BCUT2D eigenvalue weighted by atomic mass is 28.3. The first-order valence-corrected chi connectivity index (χ1v) is 23.9. The molecule has 6 nitrogen and oxygen atoms in total. The lowest BCUT2D eigenvalue weighted by molar-refractivity contribution is -0.571. The Kier molecular flexibility index (Phi) is 8.44. The SMILES string of the molecule is [c-]1n(-c2cccc(Oc3ccc4c5cccc6c5n(c4c3)-c3nccn3[Si]6(c3ccccc3)c3ccccc3)c2)c2ccccc2[n+]1-c1c(-c2ccccc2)cccc1-c1ccccc1. The van der Waals surface area contributed by atoms with Crippen LogP contribution in [0, 0.1) is 6.33 Å². The van der Waals surface area contributed by atoms with Crippen molar-refractivity contribution in [1.82, 2.24) is 18.4 Å². The summed E-state index contributed by atoms with van der Waals surface area (Å²) in [5.74, 6) is 2.38. The van der Waals surface area contributed by atoms with Gasteiger partial charge in [-0.15, -0.1) is 0 Å². The van der Waals surface area contributed by atoms with Gasteiger partial charge in [0, 0.05) is 29.2 Å². The van der Waals surface area contributed by atoms with Crippen LogP contribution in [-0.2, 0) is 0 Å². The van der Waals surface area contributed by atoms with Gasteiger partial charge in [-0.05, 0) is 68.1 Å². The van der Waals surface area contributed by atoms with Gasteiger partial charge in [0.25, 0.3) is 14.6 Å².